The van der Waals surface area contributed by atoms with Crippen molar-refractivity contribution in [2.24, 2.45) is 5.92 Å². The Bertz CT molecular complexity index is 118. The third kappa shape index (κ3) is 2.21. The molecule has 0 aromatic rings. The van der Waals surface area contributed by atoms with Crippen LogP contribution in [0.3, 0.4) is 0 Å². The number of rotatable bonds is 2. The zero-order valence-electron chi connectivity index (χ0n) is 6.01. The van der Waals surface area contributed by atoms with E-state index < -0.39 is 9.09 Å². The summed E-state index contributed by atoms with van der Waals surface area (Å²) in [5, 5.41) is 8.65. The van der Waals surface area contributed by atoms with Crippen LogP contribution < -0.4 is 0 Å². The van der Waals surface area contributed by atoms with Crippen LogP contribution >= 0.6 is 0 Å². The molecule has 0 rings (SSSR count). The predicted octanol–water partition coefficient (Wildman–Crippen LogP) is 0.539. The van der Waals surface area contributed by atoms with Gasteiger partial charge in [0, 0.05) is 0 Å². The second kappa shape index (κ2) is 2.96. The minimum absolute atomic E-state index is 0.264. The molecule has 3 heteroatoms. The molecule has 1 atom stereocenters. The summed E-state index contributed by atoms with van der Waals surface area (Å²) in [5.41, 5.74) is 0. The molecule has 0 bridgehead atoms. The van der Waals surface area contributed by atoms with Crippen LogP contribution in [-0.4, -0.2) is 35.8 Å². The fourth-order valence-electron chi connectivity index (χ4n) is 0.247. The van der Waals surface area contributed by atoms with E-state index in [0.717, 1.165) is 0 Å². The van der Waals surface area contributed by atoms with Crippen LogP contribution in [0.2, 0.25) is 3.12 Å². The first-order valence-electron chi connectivity index (χ1n) is 2.91. The van der Waals surface area contributed by atoms with Gasteiger partial charge in [0.05, 0.1) is 0 Å². The zero-order valence-corrected chi connectivity index (χ0v) is 10.5. The molecule has 0 spiro atoms. The molecule has 0 aliphatic heterocycles. The third-order valence-corrected chi connectivity index (χ3v) is 5.21. The van der Waals surface area contributed by atoms with E-state index in [-0.39, 0.29) is 5.92 Å². The molecule has 54 valence electrons. The standard InChI is InChI=1S/C6H11O2.Bi.2H/c1-4(2)5(3)6(7)8;;;/h4H,1-3H3,(H,7,8);;;. The van der Waals surface area contributed by atoms with Crippen molar-refractivity contribution in [2.45, 2.75) is 23.9 Å². The molecule has 1 N–H and O–H groups in total. The Morgan fingerprint density at radius 2 is 2.00 bits per heavy atom. The second-order valence-electron chi connectivity index (χ2n) is 2.74. The monoisotopic (exact) mass is 326 g/mol. The maximum absolute atomic E-state index is 10.5. The van der Waals surface area contributed by atoms with Crippen molar-refractivity contribution in [3.8, 4) is 0 Å². The van der Waals surface area contributed by atoms with Crippen molar-refractivity contribution >= 4 is 30.7 Å². The van der Waals surface area contributed by atoms with E-state index in [1.54, 1.807) is 0 Å². The molecule has 2 nitrogen and oxygen atoms in total. The summed E-state index contributed by atoms with van der Waals surface area (Å²) in [6, 6.07) is 0. The summed E-state index contributed by atoms with van der Waals surface area (Å²) < 4.78 is -0.417. The predicted molar refractivity (Wildman–Crippen MR) is 39.4 cm³/mol. The Hall–Kier alpha value is 0.353. The van der Waals surface area contributed by atoms with Crippen molar-refractivity contribution in [2.75, 3.05) is 0 Å². The molecule has 0 fully saturated rings. The Morgan fingerprint density at radius 3 is 2.00 bits per heavy atom. The van der Waals surface area contributed by atoms with Gasteiger partial charge in [-0.25, -0.2) is 0 Å². The van der Waals surface area contributed by atoms with Gasteiger partial charge >= 0.3 is 70.4 Å². The van der Waals surface area contributed by atoms with Crippen LogP contribution in [0.25, 0.3) is 0 Å². The van der Waals surface area contributed by atoms with Gasteiger partial charge < -0.3 is 0 Å². The Balaban J connectivity index is 4.19. The molecule has 0 aliphatic carbocycles. The summed E-state index contributed by atoms with van der Waals surface area (Å²) in [6.07, 6.45) is 0. The first kappa shape index (κ1) is 9.35. The van der Waals surface area contributed by atoms with E-state index in [1.165, 1.54) is 0 Å². The fourth-order valence-corrected chi connectivity index (χ4v) is 0.247. The maximum atomic E-state index is 10.5. The van der Waals surface area contributed by atoms with Gasteiger partial charge in [-0.2, -0.15) is 0 Å². The van der Waals surface area contributed by atoms with Crippen LogP contribution in [0.4, 0.5) is 0 Å². The summed E-state index contributed by atoms with van der Waals surface area (Å²) >= 11 is 0.514. The van der Waals surface area contributed by atoms with Crippen LogP contribution in [0.15, 0.2) is 0 Å². The van der Waals surface area contributed by atoms with Crippen molar-refractivity contribution in [1.29, 1.82) is 0 Å². The molecule has 0 amide bonds. The second-order valence-corrected chi connectivity index (χ2v) is 7.41. The Morgan fingerprint density at radius 1 is 1.67 bits per heavy atom. The number of aliphatic carboxylic acids is 1. The molecule has 0 aliphatic rings. The first-order chi connectivity index (χ1) is 3.89. The van der Waals surface area contributed by atoms with Gasteiger partial charge in [-0.15, -0.1) is 0 Å². The van der Waals surface area contributed by atoms with Crippen molar-refractivity contribution < 1.29 is 9.90 Å². The average Bonchev–Trinajstić information content (AvgIpc) is 1.65. The third-order valence-electron chi connectivity index (χ3n) is 1.66. The van der Waals surface area contributed by atoms with Crippen LogP contribution in [-0.2, 0) is 4.79 Å². The van der Waals surface area contributed by atoms with Gasteiger partial charge in [0.25, 0.3) is 0 Å². The number of hydrogen-bond acceptors (Lipinski definition) is 1. The van der Waals surface area contributed by atoms with E-state index in [1.807, 2.05) is 20.8 Å². The Kier molecular flexibility index (Phi) is 3.08. The average molecular weight is 326 g/mol. The molecule has 1 unspecified atom stereocenters. The molecule has 9 heavy (non-hydrogen) atoms. The van der Waals surface area contributed by atoms with Gasteiger partial charge in [0.1, 0.15) is 0 Å². The zero-order chi connectivity index (χ0) is 7.65. The number of carboxylic acids is 1. The van der Waals surface area contributed by atoms with Crippen molar-refractivity contribution in [1.82, 2.24) is 0 Å². The molecule has 0 aromatic carbocycles. The van der Waals surface area contributed by atoms with Crippen LogP contribution in [0, 0.1) is 5.92 Å². The van der Waals surface area contributed by atoms with Gasteiger partial charge in [0.2, 0.25) is 0 Å². The summed E-state index contributed by atoms with van der Waals surface area (Å²) in [4.78, 5) is 10.5. The van der Waals surface area contributed by atoms with E-state index in [9.17, 15) is 4.79 Å². The van der Waals surface area contributed by atoms with Crippen LogP contribution in [0.1, 0.15) is 20.8 Å². The van der Waals surface area contributed by atoms with Crippen molar-refractivity contribution in [3.63, 3.8) is 0 Å². The molecule has 0 radical (unpaired) electrons. The normalized spacial score (nSPS) is 17.4. The quantitative estimate of drug-likeness (QED) is 0.752. The molecule has 0 aromatic heterocycles. The summed E-state index contributed by atoms with van der Waals surface area (Å²) in [7, 11) is 0. The molecule has 0 saturated carbocycles. The van der Waals surface area contributed by atoms with Crippen molar-refractivity contribution in [3.05, 3.63) is 0 Å². The Labute approximate surface area is 70.5 Å². The fraction of sp³-hybridized carbons (Fsp3) is 0.833. The van der Waals surface area contributed by atoms with Gasteiger partial charge in [-0.05, 0) is 0 Å². The summed E-state index contributed by atoms with van der Waals surface area (Å²) in [5.74, 6) is -0.387. The van der Waals surface area contributed by atoms with E-state index >= 15 is 0 Å². The minimum atomic E-state index is -0.650. The topological polar surface area (TPSA) is 37.3 Å². The van der Waals surface area contributed by atoms with Gasteiger partial charge in [-0.3, -0.25) is 0 Å². The SMILES string of the molecule is CC(C)[C](C)([BiH2])C(=O)O. The van der Waals surface area contributed by atoms with E-state index in [4.69, 9.17) is 5.11 Å². The number of hydrogen-bond donors (Lipinski definition) is 1. The number of carboxylic acid groups (broad SMARTS) is 1. The van der Waals surface area contributed by atoms with Gasteiger partial charge in [0.15, 0.2) is 0 Å². The van der Waals surface area contributed by atoms with Gasteiger partial charge in [-0.1, -0.05) is 0 Å². The van der Waals surface area contributed by atoms with E-state index in [2.05, 4.69) is 0 Å². The molecular weight excluding hydrogens is 313 g/mol. The number of carbonyl (C=O) groups is 1. The molecular formula is C6H13BiO2. The van der Waals surface area contributed by atoms with E-state index in [0.29, 0.717) is 24.7 Å². The molecule has 0 saturated heterocycles. The molecule has 0 heterocycles. The summed E-state index contributed by atoms with van der Waals surface area (Å²) in [6.45, 7) is 5.72. The van der Waals surface area contributed by atoms with Crippen LogP contribution in [0.5, 0.6) is 0 Å². The first-order valence-corrected chi connectivity index (χ1v) is 5.15.